The van der Waals surface area contributed by atoms with Crippen LogP contribution in [0.4, 0.5) is 0 Å². The van der Waals surface area contributed by atoms with E-state index in [9.17, 15) is 14.7 Å². The van der Waals surface area contributed by atoms with Crippen LogP contribution in [-0.2, 0) is 16.6 Å². The first-order valence-corrected chi connectivity index (χ1v) is 10.3. The van der Waals surface area contributed by atoms with Crippen molar-refractivity contribution in [3.63, 3.8) is 0 Å². The van der Waals surface area contributed by atoms with Crippen molar-refractivity contribution in [2.45, 2.75) is 13.8 Å². The molecule has 0 atom stereocenters. The molecule has 3 aromatic rings. The third-order valence-corrected chi connectivity index (χ3v) is 5.19. The Hall–Kier alpha value is -3.33. The Bertz CT molecular complexity index is 1170. The Balaban J connectivity index is 1.68. The number of amides is 1. The number of aryl methyl sites for hydroxylation is 1. The van der Waals surface area contributed by atoms with Gasteiger partial charge in [-0.15, -0.1) is 0 Å². The number of rotatable bonds is 7. The van der Waals surface area contributed by atoms with Crippen molar-refractivity contribution in [2.24, 2.45) is 12.1 Å². The molecule has 9 heteroatoms. The highest BCUT2D eigenvalue weighted by atomic mass is 79.9. The number of benzene rings is 2. The second-order valence-electron chi connectivity index (χ2n) is 6.70. The van der Waals surface area contributed by atoms with E-state index in [2.05, 4.69) is 26.5 Å². The van der Waals surface area contributed by atoms with Gasteiger partial charge in [0, 0.05) is 33.7 Å². The van der Waals surface area contributed by atoms with E-state index in [0.29, 0.717) is 22.3 Å². The lowest BCUT2D eigenvalue weighted by Crippen LogP contribution is -2.24. The van der Waals surface area contributed by atoms with Crippen molar-refractivity contribution in [1.82, 2.24) is 9.99 Å². The maximum atomic E-state index is 12.4. The lowest BCUT2D eigenvalue weighted by atomic mass is 10.1. The highest BCUT2D eigenvalue weighted by Gasteiger charge is 2.20. The number of carbonyl (C=O) groups excluding carboxylic acids is 2. The van der Waals surface area contributed by atoms with Crippen molar-refractivity contribution in [2.75, 3.05) is 13.2 Å². The third kappa shape index (κ3) is 5.05. The Morgan fingerprint density at radius 3 is 2.77 bits per heavy atom. The lowest BCUT2D eigenvalue weighted by Gasteiger charge is -2.06. The molecule has 2 aromatic carbocycles. The summed E-state index contributed by atoms with van der Waals surface area (Å²) in [5, 5.41) is 14.3. The van der Waals surface area contributed by atoms with Gasteiger partial charge in [0.05, 0.1) is 18.4 Å². The summed E-state index contributed by atoms with van der Waals surface area (Å²) in [6.07, 6.45) is 1.34. The average Bonchev–Trinajstić information content (AvgIpc) is 2.99. The number of esters is 1. The molecule has 1 heterocycles. The maximum absolute atomic E-state index is 12.4. The number of nitrogens with zero attached hydrogens (tertiary/aromatic N) is 2. The minimum Gasteiger partial charge on any atom is -0.507 e. The fourth-order valence-electron chi connectivity index (χ4n) is 3.09. The van der Waals surface area contributed by atoms with Gasteiger partial charge in [0.1, 0.15) is 11.5 Å². The van der Waals surface area contributed by atoms with Crippen molar-refractivity contribution in [1.29, 1.82) is 0 Å². The van der Waals surface area contributed by atoms with Crippen LogP contribution in [0.25, 0.3) is 10.9 Å². The van der Waals surface area contributed by atoms with Crippen LogP contribution in [-0.4, -0.2) is 41.0 Å². The summed E-state index contributed by atoms with van der Waals surface area (Å²) in [6.45, 7) is 3.62. The molecule has 0 aliphatic heterocycles. The first-order chi connectivity index (χ1) is 14.8. The van der Waals surface area contributed by atoms with Crippen LogP contribution < -0.4 is 10.2 Å². The number of carbonyl (C=O) groups is 2. The molecule has 0 saturated heterocycles. The molecule has 8 nitrogen and oxygen atoms in total. The van der Waals surface area contributed by atoms with Crippen LogP contribution in [0.1, 0.15) is 28.5 Å². The molecule has 0 aliphatic rings. The molecule has 0 spiro atoms. The topological polar surface area (TPSA) is 102 Å². The number of hydrogen-bond donors (Lipinski definition) is 2. The maximum Gasteiger partial charge on any atom is 0.340 e. The first-order valence-electron chi connectivity index (χ1n) is 9.51. The predicted molar refractivity (Wildman–Crippen MR) is 121 cm³/mol. The summed E-state index contributed by atoms with van der Waals surface area (Å²) < 4.78 is 13.4. The zero-order valence-electron chi connectivity index (χ0n) is 17.3. The molecule has 0 bridgehead atoms. The monoisotopic (exact) mass is 487 g/mol. The smallest absolute Gasteiger partial charge is 0.340 e. The molecule has 0 fully saturated rings. The van der Waals surface area contributed by atoms with Gasteiger partial charge in [-0.1, -0.05) is 15.9 Å². The number of aromatic hydroxyl groups is 1. The number of ether oxygens (including phenoxy) is 2. The van der Waals surface area contributed by atoms with Gasteiger partial charge in [0.15, 0.2) is 6.61 Å². The van der Waals surface area contributed by atoms with Crippen molar-refractivity contribution in [3.05, 3.63) is 57.7 Å². The number of nitrogens with one attached hydrogen (secondary N) is 1. The molecular weight excluding hydrogens is 466 g/mol. The van der Waals surface area contributed by atoms with Crippen LogP contribution in [0.2, 0.25) is 0 Å². The largest absolute Gasteiger partial charge is 0.507 e. The molecule has 0 radical (unpaired) electrons. The molecule has 0 saturated carbocycles. The SMILES string of the molecule is CCOC(=O)c1c(C)n(C)c2ccc(OCC(=O)NN=Cc3cc(Br)ccc3O)cc12. The van der Waals surface area contributed by atoms with Crippen LogP contribution in [0.5, 0.6) is 11.5 Å². The second kappa shape index (κ2) is 9.65. The Kier molecular flexibility index (Phi) is 6.96. The number of hydrazone groups is 1. The highest BCUT2D eigenvalue weighted by Crippen LogP contribution is 2.29. The van der Waals surface area contributed by atoms with E-state index < -0.39 is 11.9 Å². The molecule has 2 N–H and O–H groups in total. The van der Waals surface area contributed by atoms with Gasteiger partial charge in [-0.3, -0.25) is 4.79 Å². The number of hydrogen-bond acceptors (Lipinski definition) is 6. The Labute approximate surface area is 187 Å². The summed E-state index contributed by atoms with van der Waals surface area (Å²) in [4.78, 5) is 24.4. The van der Waals surface area contributed by atoms with E-state index >= 15 is 0 Å². The number of aromatic nitrogens is 1. The molecule has 31 heavy (non-hydrogen) atoms. The lowest BCUT2D eigenvalue weighted by molar-refractivity contribution is -0.123. The molecule has 1 amide bonds. The average molecular weight is 488 g/mol. The number of halogens is 1. The van der Waals surface area contributed by atoms with Crippen molar-refractivity contribution >= 4 is 44.9 Å². The molecule has 3 rings (SSSR count). The number of phenolic OH excluding ortho intramolecular Hbond substituents is 1. The zero-order chi connectivity index (χ0) is 22.5. The third-order valence-electron chi connectivity index (χ3n) is 4.70. The van der Waals surface area contributed by atoms with Gasteiger partial charge in [-0.25, -0.2) is 10.2 Å². The van der Waals surface area contributed by atoms with Gasteiger partial charge in [0.2, 0.25) is 0 Å². The van der Waals surface area contributed by atoms with Gasteiger partial charge in [-0.2, -0.15) is 5.10 Å². The molecule has 1 aromatic heterocycles. The van der Waals surface area contributed by atoms with Gasteiger partial charge >= 0.3 is 5.97 Å². The van der Waals surface area contributed by atoms with Gasteiger partial charge in [0.25, 0.3) is 5.91 Å². The fraction of sp³-hybridized carbons (Fsp3) is 0.227. The summed E-state index contributed by atoms with van der Waals surface area (Å²) in [5.41, 5.74) is 4.92. The summed E-state index contributed by atoms with van der Waals surface area (Å²) in [6, 6.07) is 10.1. The van der Waals surface area contributed by atoms with Gasteiger partial charge in [-0.05, 0) is 50.2 Å². The van der Waals surface area contributed by atoms with Gasteiger partial charge < -0.3 is 19.1 Å². The van der Waals surface area contributed by atoms with E-state index in [1.165, 1.54) is 12.3 Å². The van der Waals surface area contributed by atoms with Crippen molar-refractivity contribution < 1.29 is 24.2 Å². The second-order valence-corrected chi connectivity index (χ2v) is 7.62. The Morgan fingerprint density at radius 2 is 2.03 bits per heavy atom. The molecule has 162 valence electrons. The quantitative estimate of drug-likeness (QED) is 0.300. The highest BCUT2D eigenvalue weighted by molar-refractivity contribution is 9.10. The number of fused-ring (bicyclic) bond motifs is 1. The van der Waals surface area contributed by atoms with E-state index in [1.807, 2.05) is 24.6 Å². The van der Waals surface area contributed by atoms with E-state index in [-0.39, 0.29) is 19.0 Å². The summed E-state index contributed by atoms with van der Waals surface area (Å²) >= 11 is 3.30. The summed E-state index contributed by atoms with van der Waals surface area (Å²) in [5.74, 6) is -0.389. The minimum absolute atomic E-state index is 0.0429. The number of phenols is 1. The van der Waals surface area contributed by atoms with Crippen LogP contribution in [0.3, 0.4) is 0 Å². The zero-order valence-corrected chi connectivity index (χ0v) is 18.9. The molecule has 0 unspecified atom stereocenters. The van der Waals surface area contributed by atoms with E-state index in [1.54, 1.807) is 31.2 Å². The molecule has 0 aliphatic carbocycles. The van der Waals surface area contributed by atoms with Crippen molar-refractivity contribution in [3.8, 4) is 11.5 Å². The van der Waals surface area contributed by atoms with E-state index in [0.717, 1.165) is 15.7 Å². The first kappa shape index (κ1) is 22.4. The van der Waals surface area contributed by atoms with E-state index in [4.69, 9.17) is 9.47 Å². The minimum atomic E-state index is -0.472. The summed E-state index contributed by atoms with van der Waals surface area (Å²) in [7, 11) is 1.87. The normalized spacial score (nSPS) is 11.1. The Morgan fingerprint density at radius 1 is 1.26 bits per heavy atom. The standard InChI is InChI=1S/C22H22BrN3O5/c1-4-30-22(29)21-13(2)26(3)18-7-6-16(10-17(18)21)31-12-20(28)25-24-11-14-9-15(23)5-8-19(14)27/h5-11,27H,4,12H2,1-3H3,(H,25,28). The van der Waals surface area contributed by atoms with Crippen LogP contribution in [0, 0.1) is 6.92 Å². The van der Waals surface area contributed by atoms with Crippen LogP contribution in [0.15, 0.2) is 46.0 Å². The molecular formula is C22H22BrN3O5. The van der Waals surface area contributed by atoms with Crippen LogP contribution >= 0.6 is 15.9 Å². The predicted octanol–water partition coefficient (Wildman–Crippen LogP) is 3.66. The fourth-order valence-corrected chi connectivity index (χ4v) is 3.46.